The Labute approximate surface area is 161 Å². The molecule has 1 aromatic carbocycles. The maximum atomic E-state index is 12.7. The molecule has 2 fully saturated rings. The molecule has 0 aliphatic carbocycles. The molecule has 1 aromatic rings. The maximum Gasteiger partial charge on any atom is 0.225 e. The van der Waals surface area contributed by atoms with Gasteiger partial charge in [-0.3, -0.25) is 9.69 Å². The van der Waals surface area contributed by atoms with Gasteiger partial charge in [-0.05, 0) is 43.6 Å². The molecule has 0 radical (unpaired) electrons. The summed E-state index contributed by atoms with van der Waals surface area (Å²) in [5.74, 6) is 2.50. The molecule has 1 N–H and O–H groups in total. The highest BCUT2D eigenvalue weighted by molar-refractivity contribution is 5.79. The Balaban J connectivity index is 1.58. The summed E-state index contributed by atoms with van der Waals surface area (Å²) in [6, 6.07) is 3.99. The molecule has 2 aliphatic rings. The minimum Gasteiger partial charge on any atom is -0.493 e. The number of hydrogen-bond donors (Lipinski definition) is 1. The fraction of sp³-hybridized carbons (Fsp3) is 0.650. The summed E-state index contributed by atoms with van der Waals surface area (Å²) in [5, 5.41) is 3.33. The molecule has 0 spiro atoms. The number of carbonyl (C=O) groups is 1. The highest BCUT2D eigenvalue weighted by Gasteiger charge is 2.28. The highest BCUT2D eigenvalue weighted by Crippen LogP contribution is 2.38. The number of piperidine rings is 1. The van der Waals surface area contributed by atoms with Crippen LogP contribution in [-0.2, 0) is 11.3 Å². The van der Waals surface area contributed by atoms with E-state index in [1.165, 1.54) is 0 Å². The lowest BCUT2D eigenvalue weighted by atomic mass is 9.96. The van der Waals surface area contributed by atoms with Crippen molar-refractivity contribution in [1.82, 2.24) is 15.1 Å². The second kappa shape index (κ2) is 9.28. The zero-order valence-electron chi connectivity index (χ0n) is 16.6. The van der Waals surface area contributed by atoms with E-state index in [-0.39, 0.29) is 5.92 Å². The Morgan fingerprint density at radius 2 is 1.59 bits per heavy atom. The summed E-state index contributed by atoms with van der Waals surface area (Å²) in [5.41, 5.74) is 1.11. The summed E-state index contributed by atoms with van der Waals surface area (Å²) in [6.45, 7) is 6.07. The fourth-order valence-corrected chi connectivity index (χ4v) is 3.94. The molecule has 7 heteroatoms. The van der Waals surface area contributed by atoms with Crippen LogP contribution in [0.5, 0.6) is 17.2 Å². The zero-order chi connectivity index (χ0) is 19.2. The van der Waals surface area contributed by atoms with Crippen LogP contribution in [0.25, 0.3) is 0 Å². The Hall–Kier alpha value is -1.99. The lowest BCUT2D eigenvalue weighted by Crippen LogP contribution is -2.51. The number of ether oxygens (including phenoxy) is 3. The van der Waals surface area contributed by atoms with E-state index in [0.29, 0.717) is 23.2 Å². The number of amides is 1. The second-order valence-electron chi connectivity index (χ2n) is 7.16. The number of benzene rings is 1. The van der Waals surface area contributed by atoms with Gasteiger partial charge in [-0.15, -0.1) is 0 Å². The zero-order valence-corrected chi connectivity index (χ0v) is 16.6. The van der Waals surface area contributed by atoms with Crippen LogP contribution in [0.3, 0.4) is 0 Å². The third kappa shape index (κ3) is 4.65. The van der Waals surface area contributed by atoms with Crippen molar-refractivity contribution in [2.75, 3.05) is 60.6 Å². The number of nitrogens with one attached hydrogen (secondary N) is 1. The molecule has 2 aliphatic heterocycles. The molecule has 3 rings (SSSR count). The molecule has 0 saturated carbocycles. The van der Waals surface area contributed by atoms with Gasteiger partial charge in [-0.2, -0.15) is 0 Å². The van der Waals surface area contributed by atoms with E-state index in [2.05, 4.69) is 10.2 Å². The van der Waals surface area contributed by atoms with E-state index in [1.807, 2.05) is 17.0 Å². The summed E-state index contributed by atoms with van der Waals surface area (Å²) >= 11 is 0. The largest absolute Gasteiger partial charge is 0.493 e. The van der Waals surface area contributed by atoms with E-state index in [9.17, 15) is 4.79 Å². The summed E-state index contributed by atoms with van der Waals surface area (Å²) in [4.78, 5) is 17.1. The van der Waals surface area contributed by atoms with Gasteiger partial charge in [0.1, 0.15) is 0 Å². The van der Waals surface area contributed by atoms with Crippen molar-refractivity contribution in [2.45, 2.75) is 19.4 Å². The average Bonchev–Trinajstić information content (AvgIpc) is 2.73. The number of piperazine rings is 1. The molecule has 2 heterocycles. The normalized spacial score (nSPS) is 19.0. The maximum absolute atomic E-state index is 12.7. The SMILES string of the molecule is COc1cc(CN2CCN(C(=O)C3CCNCC3)CC2)cc(OC)c1OC. The molecule has 27 heavy (non-hydrogen) atoms. The van der Waals surface area contributed by atoms with Crippen LogP contribution in [0.4, 0.5) is 0 Å². The van der Waals surface area contributed by atoms with E-state index in [4.69, 9.17) is 14.2 Å². The summed E-state index contributed by atoms with van der Waals surface area (Å²) < 4.78 is 16.3. The van der Waals surface area contributed by atoms with Gasteiger partial charge in [-0.25, -0.2) is 0 Å². The van der Waals surface area contributed by atoms with E-state index >= 15 is 0 Å². The van der Waals surface area contributed by atoms with E-state index in [1.54, 1.807) is 21.3 Å². The molecule has 2 saturated heterocycles. The number of nitrogens with zero attached hydrogens (tertiary/aromatic N) is 2. The van der Waals surface area contributed by atoms with Crippen molar-refractivity contribution in [3.05, 3.63) is 17.7 Å². The third-order valence-corrected chi connectivity index (χ3v) is 5.50. The highest BCUT2D eigenvalue weighted by atomic mass is 16.5. The van der Waals surface area contributed by atoms with Crippen LogP contribution in [0.1, 0.15) is 18.4 Å². The van der Waals surface area contributed by atoms with E-state index in [0.717, 1.165) is 64.2 Å². The summed E-state index contributed by atoms with van der Waals surface area (Å²) in [6.07, 6.45) is 1.93. The Bertz CT molecular complexity index is 613. The minimum atomic E-state index is 0.202. The second-order valence-corrected chi connectivity index (χ2v) is 7.16. The van der Waals surface area contributed by atoms with Crippen LogP contribution in [0, 0.1) is 5.92 Å². The van der Waals surface area contributed by atoms with Crippen molar-refractivity contribution in [1.29, 1.82) is 0 Å². The first-order valence-corrected chi connectivity index (χ1v) is 9.67. The molecule has 0 unspecified atom stereocenters. The molecule has 1 amide bonds. The van der Waals surface area contributed by atoms with Gasteiger partial charge in [0.15, 0.2) is 11.5 Å². The quantitative estimate of drug-likeness (QED) is 0.808. The van der Waals surface area contributed by atoms with Gasteiger partial charge in [-0.1, -0.05) is 0 Å². The van der Waals surface area contributed by atoms with Crippen molar-refractivity contribution in [3.63, 3.8) is 0 Å². The molecular weight excluding hydrogens is 346 g/mol. The smallest absolute Gasteiger partial charge is 0.225 e. The Morgan fingerprint density at radius 1 is 1.00 bits per heavy atom. The average molecular weight is 377 g/mol. The Morgan fingerprint density at radius 3 is 2.11 bits per heavy atom. The van der Waals surface area contributed by atoms with Crippen LogP contribution in [-0.4, -0.2) is 76.3 Å². The lowest BCUT2D eigenvalue weighted by Gasteiger charge is -2.37. The van der Waals surface area contributed by atoms with Gasteiger partial charge in [0, 0.05) is 38.6 Å². The molecule has 7 nitrogen and oxygen atoms in total. The van der Waals surface area contributed by atoms with Gasteiger partial charge in [0.25, 0.3) is 0 Å². The molecule has 0 bridgehead atoms. The van der Waals surface area contributed by atoms with Crippen LogP contribution >= 0.6 is 0 Å². The monoisotopic (exact) mass is 377 g/mol. The molecule has 150 valence electrons. The summed E-state index contributed by atoms with van der Waals surface area (Å²) in [7, 11) is 4.87. The first kappa shape index (κ1) is 19.8. The van der Waals surface area contributed by atoms with Gasteiger partial charge < -0.3 is 24.4 Å². The third-order valence-electron chi connectivity index (χ3n) is 5.50. The van der Waals surface area contributed by atoms with Crippen LogP contribution in [0.15, 0.2) is 12.1 Å². The topological polar surface area (TPSA) is 63.3 Å². The first-order chi connectivity index (χ1) is 13.2. The fourth-order valence-electron chi connectivity index (χ4n) is 3.94. The number of methoxy groups -OCH3 is 3. The minimum absolute atomic E-state index is 0.202. The number of hydrogen-bond acceptors (Lipinski definition) is 6. The number of carbonyl (C=O) groups excluding carboxylic acids is 1. The van der Waals surface area contributed by atoms with Crippen LogP contribution in [0.2, 0.25) is 0 Å². The predicted octanol–water partition coefficient (Wildman–Crippen LogP) is 1.36. The van der Waals surface area contributed by atoms with Gasteiger partial charge >= 0.3 is 0 Å². The van der Waals surface area contributed by atoms with Crippen molar-refractivity contribution in [2.24, 2.45) is 5.92 Å². The van der Waals surface area contributed by atoms with Gasteiger partial charge in [0.05, 0.1) is 21.3 Å². The van der Waals surface area contributed by atoms with Crippen LogP contribution < -0.4 is 19.5 Å². The standard InChI is InChI=1S/C20H31N3O4/c1-25-17-12-15(13-18(26-2)19(17)27-3)14-22-8-10-23(11-9-22)20(24)16-4-6-21-7-5-16/h12-13,16,21H,4-11,14H2,1-3H3. The molecule has 0 aromatic heterocycles. The first-order valence-electron chi connectivity index (χ1n) is 9.67. The number of rotatable bonds is 6. The molecular formula is C20H31N3O4. The lowest BCUT2D eigenvalue weighted by molar-refractivity contribution is -0.138. The van der Waals surface area contributed by atoms with Crippen molar-refractivity contribution >= 4 is 5.91 Å². The predicted molar refractivity (Wildman–Crippen MR) is 104 cm³/mol. The van der Waals surface area contributed by atoms with Crippen molar-refractivity contribution < 1.29 is 19.0 Å². The van der Waals surface area contributed by atoms with Crippen molar-refractivity contribution in [3.8, 4) is 17.2 Å². The van der Waals surface area contributed by atoms with Gasteiger partial charge in [0.2, 0.25) is 11.7 Å². The Kier molecular flexibility index (Phi) is 6.79. The van der Waals surface area contributed by atoms with E-state index < -0.39 is 0 Å². The molecule has 0 atom stereocenters.